The van der Waals surface area contributed by atoms with Gasteiger partial charge in [0.2, 0.25) is 0 Å². The van der Waals surface area contributed by atoms with Gasteiger partial charge in [-0.15, -0.1) is 0 Å². The molecule has 0 bridgehead atoms. The molecule has 0 aromatic heterocycles. The number of aryl methyl sites for hydroxylation is 2. The summed E-state index contributed by atoms with van der Waals surface area (Å²) in [5, 5.41) is 10.7. The minimum Gasteiger partial charge on any atom is -0.392 e. The van der Waals surface area contributed by atoms with Gasteiger partial charge in [-0.1, -0.05) is 69.7 Å². The summed E-state index contributed by atoms with van der Waals surface area (Å²) in [4.78, 5) is 13.1. The van der Waals surface area contributed by atoms with Crippen LogP contribution in [0.2, 0.25) is 0 Å². The second-order valence-electron chi connectivity index (χ2n) is 9.81. The van der Waals surface area contributed by atoms with Gasteiger partial charge >= 0.3 is 0 Å². The van der Waals surface area contributed by atoms with E-state index in [0.29, 0.717) is 6.42 Å². The van der Waals surface area contributed by atoms with Crippen molar-refractivity contribution in [2.45, 2.75) is 104 Å². The molecule has 30 heavy (non-hydrogen) atoms. The van der Waals surface area contributed by atoms with Crippen LogP contribution in [-0.2, 0) is 11.2 Å². The topological polar surface area (TPSA) is 37.3 Å². The maximum atomic E-state index is 13.1. The number of aliphatic hydroxyl groups is 1. The van der Waals surface area contributed by atoms with Crippen LogP contribution in [0.25, 0.3) is 6.08 Å². The molecule has 2 aliphatic rings. The van der Waals surface area contributed by atoms with Crippen molar-refractivity contribution >= 4 is 11.9 Å². The van der Waals surface area contributed by atoms with Crippen molar-refractivity contribution in [2.24, 2.45) is 5.41 Å². The van der Waals surface area contributed by atoms with E-state index in [-0.39, 0.29) is 17.3 Å². The lowest BCUT2D eigenvalue weighted by Crippen LogP contribution is -2.42. The van der Waals surface area contributed by atoms with E-state index >= 15 is 0 Å². The molecule has 0 aliphatic heterocycles. The normalized spacial score (nSPS) is 25.7. The predicted molar refractivity (Wildman–Crippen MR) is 127 cm³/mol. The van der Waals surface area contributed by atoms with Gasteiger partial charge in [0, 0.05) is 11.0 Å². The Morgan fingerprint density at radius 2 is 1.87 bits per heavy atom. The van der Waals surface area contributed by atoms with Crippen molar-refractivity contribution in [3.8, 4) is 0 Å². The number of benzene rings is 1. The number of Topliss-reactive ketones (excluding diaryl/α,β-unsaturated/α-hetero) is 1. The Balaban J connectivity index is 1.72. The van der Waals surface area contributed by atoms with Crippen LogP contribution in [0.5, 0.6) is 0 Å². The van der Waals surface area contributed by atoms with Gasteiger partial charge in [0.05, 0.1) is 6.10 Å². The fraction of sp³-hybridized carbons (Fsp3) is 0.607. The Kier molecular flexibility index (Phi) is 7.74. The highest BCUT2D eigenvalue weighted by atomic mass is 16.3. The Bertz CT molecular complexity index is 829. The summed E-state index contributed by atoms with van der Waals surface area (Å²) in [7, 11) is 0. The first-order valence-corrected chi connectivity index (χ1v) is 12.1. The highest BCUT2D eigenvalue weighted by Crippen LogP contribution is 2.50. The van der Waals surface area contributed by atoms with Crippen molar-refractivity contribution < 1.29 is 9.90 Å². The molecule has 1 aromatic carbocycles. The third-order valence-electron chi connectivity index (χ3n) is 7.45. The number of allylic oxidation sites excluding steroid dienone is 2. The van der Waals surface area contributed by atoms with Gasteiger partial charge in [-0.3, -0.25) is 4.79 Å². The molecule has 0 amide bonds. The fourth-order valence-corrected chi connectivity index (χ4v) is 5.44. The van der Waals surface area contributed by atoms with E-state index in [2.05, 4.69) is 45.0 Å². The second kappa shape index (κ2) is 10.1. The molecule has 1 N–H and O–H groups in total. The van der Waals surface area contributed by atoms with Crippen LogP contribution in [0.15, 0.2) is 34.9 Å². The number of hydrogen-bond donors (Lipinski definition) is 1. The molecule has 2 nitrogen and oxygen atoms in total. The first kappa shape index (κ1) is 23.0. The maximum absolute atomic E-state index is 13.1. The van der Waals surface area contributed by atoms with Crippen molar-refractivity contribution in [3.63, 3.8) is 0 Å². The van der Waals surface area contributed by atoms with E-state index in [0.717, 1.165) is 42.4 Å². The Hall–Kier alpha value is -1.67. The molecular formula is C28H40O2. The minimum absolute atomic E-state index is 0.173. The predicted octanol–water partition coefficient (Wildman–Crippen LogP) is 7.12. The highest BCUT2D eigenvalue weighted by molar-refractivity contribution is 6.12. The zero-order chi connectivity index (χ0) is 21.7. The molecular weight excluding hydrogens is 368 g/mol. The van der Waals surface area contributed by atoms with Gasteiger partial charge in [0.25, 0.3) is 0 Å². The van der Waals surface area contributed by atoms with E-state index < -0.39 is 0 Å². The molecule has 1 fully saturated rings. The molecule has 2 atom stereocenters. The van der Waals surface area contributed by atoms with Crippen molar-refractivity contribution in [2.75, 3.05) is 0 Å². The van der Waals surface area contributed by atoms with Crippen molar-refractivity contribution in [1.82, 2.24) is 0 Å². The largest absolute Gasteiger partial charge is 0.392 e. The number of rotatable bonds is 8. The number of unbranched alkanes of at least 4 members (excludes halogenated alkanes) is 5. The molecule has 0 spiro atoms. The lowest BCUT2D eigenvalue weighted by atomic mass is 9.61. The second-order valence-corrected chi connectivity index (χ2v) is 9.81. The minimum atomic E-state index is -0.353. The van der Waals surface area contributed by atoms with E-state index in [9.17, 15) is 9.90 Å². The molecule has 0 heterocycles. The summed E-state index contributed by atoms with van der Waals surface area (Å²) >= 11 is 0. The van der Waals surface area contributed by atoms with Crippen molar-refractivity contribution in [1.29, 1.82) is 0 Å². The maximum Gasteiger partial charge on any atom is 0.184 e. The lowest BCUT2D eigenvalue weighted by Gasteiger charge is -2.45. The zero-order valence-corrected chi connectivity index (χ0v) is 19.5. The molecule has 164 valence electrons. The Morgan fingerprint density at radius 1 is 1.13 bits per heavy atom. The van der Waals surface area contributed by atoms with E-state index in [1.54, 1.807) is 0 Å². The number of carbonyl (C=O) groups excluding carboxylic acids is 1. The Labute approximate surface area is 183 Å². The molecule has 3 rings (SSSR count). The monoisotopic (exact) mass is 408 g/mol. The smallest absolute Gasteiger partial charge is 0.184 e. The number of ketones is 1. The number of aliphatic hydroxyl groups excluding tert-OH is 1. The lowest BCUT2D eigenvalue weighted by molar-refractivity contribution is -0.113. The molecule has 1 saturated carbocycles. The summed E-state index contributed by atoms with van der Waals surface area (Å²) in [5.74, 6) is 0.173. The van der Waals surface area contributed by atoms with Crippen LogP contribution in [0.3, 0.4) is 0 Å². The third kappa shape index (κ3) is 4.97. The van der Waals surface area contributed by atoms with Gasteiger partial charge in [-0.25, -0.2) is 0 Å². The highest BCUT2D eigenvalue weighted by Gasteiger charge is 2.45. The van der Waals surface area contributed by atoms with Crippen LogP contribution in [0.4, 0.5) is 0 Å². The SMILES string of the molecule is CCCCCCCCc1ccc(C=C2C[C@@]3(C)C(=C(C)C2=O)CCC[C@@H]3O)c(C)c1. The van der Waals surface area contributed by atoms with E-state index in [1.165, 1.54) is 55.2 Å². The summed E-state index contributed by atoms with van der Waals surface area (Å²) < 4.78 is 0. The van der Waals surface area contributed by atoms with Crippen LogP contribution < -0.4 is 0 Å². The van der Waals surface area contributed by atoms with Gasteiger partial charge in [0.15, 0.2) is 5.78 Å². The Morgan fingerprint density at radius 3 is 2.60 bits per heavy atom. The third-order valence-corrected chi connectivity index (χ3v) is 7.45. The van der Waals surface area contributed by atoms with Crippen LogP contribution in [0.1, 0.15) is 102 Å². The molecule has 0 saturated heterocycles. The molecule has 2 aliphatic carbocycles. The number of hydrogen-bond acceptors (Lipinski definition) is 2. The van der Waals surface area contributed by atoms with Gasteiger partial charge in [-0.2, -0.15) is 0 Å². The fourth-order valence-electron chi connectivity index (χ4n) is 5.44. The molecule has 2 heteroatoms. The van der Waals surface area contributed by atoms with Crippen LogP contribution >= 0.6 is 0 Å². The summed E-state index contributed by atoms with van der Waals surface area (Å²) in [6, 6.07) is 6.69. The average molecular weight is 409 g/mol. The molecule has 1 aromatic rings. The molecule has 0 unspecified atom stereocenters. The number of fused-ring (bicyclic) bond motifs is 1. The van der Waals surface area contributed by atoms with Crippen LogP contribution in [-0.4, -0.2) is 17.0 Å². The van der Waals surface area contributed by atoms with Gasteiger partial charge in [-0.05, 0) is 80.7 Å². The standard InChI is InChI=1S/C28H40O2/c1-5-6-7-8-9-10-12-22-15-16-23(20(2)17-22)18-24-19-28(4)25(21(3)27(24)30)13-11-14-26(28)29/h15-18,26,29H,5-14,19H2,1-4H3/t26-,28-/m0/s1. The van der Waals surface area contributed by atoms with Crippen molar-refractivity contribution in [3.05, 3.63) is 51.6 Å². The summed E-state index contributed by atoms with van der Waals surface area (Å²) in [6.45, 7) is 8.51. The van der Waals surface area contributed by atoms with E-state index in [1.807, 2.05) is 6.92 Å². The van der Waals surface area contributed by atoms with Crippen LogP contribution in [0, 0.1) is 12.3 Å². The molecule has 0 radical (unpaired) electrons. The zero-order valence-electron chi connectivity index (χ0n) is 19.5. The first-order valence-electron chi connectivity index (χ1n) is 12.1. The van der Waals surface area contributed by atoms with E-state index in [4.69, 9.17) is 0 Å². The number of carbonyl (C=O) groups is 1. The average Bonchev–Trinajstić information content (AvgIpc) is 2.72. The van der Waals surface area contributed by atoms with Gasteiger partial charge < -0.3 is 5.11 Å². The van der Waals surface area contributed by atoms with Gasteiger partial charge in [0.1, 0.15) is 0 Å². The summed E-state index contributed by atoms with van der Waals surface area (Å²) in [6.07, 6.45) is 14.2. The first-order chi connectivity index (χ1) is 14.4. The quantitative estimate of drug-likeness (QED) is 0.367. The summed E-state index contributed by atoms with van der Waals surface area (Å²) in [5.41, 5.74) is 6.39.